The fourth-order valence-corrected chi connectivity index (χ4v) is 0.457. The normalized spacial score (nSPS) is 19.7. The number of hydrogen-bond acceptors (Lipinski definition) is 2. The Hall–Kier alpha value is -0.730. The molecular formula is C3H8N3+. The van der Waals surface area contributed by atoms with Gasteiger partial charge in [-0.05, 0) is 0 Å². The smallest absolute Gasteiger partial charge is 0.291 e. The second kappa shape index (κ2) is 1.16. The topological polar surface area (TPSA) is 52.0 Å². The van der Waals surface area contributed by atoms with Crippen LogP contribution in [-0.2, 0) is 0 Å². The van der Waals surface area contributed by atoms with Gasteiger partial charge >= 0.3 is 5.96 Å². The Balaban J connectivity index is 2.45. The van der Waals surface area contributed by atoms with Crippen molar-refractivity contribution in [3.63, 3.8) is 0 Å². The van der Waals surface area contributed by atoms with Gasteiger partial charge in [-0.1, -0.05) is 0 Å². The standard InChI is InChI=1S/C3H7N3/c4-3-5-1-2-6-3/h1-2H2,(H3,4,5,6)/p+1. The lowest BCUT2D eigenvalue weighted by atomic mass is 10.7. The highest BCUT2D eigenvalue weighted by atomic mass is 15.1. The van der Waals surface area contributed by atoms with Crippen molar-refractivity contribution in [3.05, 3.63) is 0 Å². The minimum absolute atomic E-state index is 0.704. The predicted octanol–water partition coefficient (Wildman–Crippen LogP) is -3.02. The van der Waals surface area contributed by atoms with Crippen LogP contribution in [0.2, 0.25) is 0 Å². The minimum Gasteiger partial charge on any atom is -0.291 e. The molecule has 6 heavy (non-hydrogen) atoms. The average Bonchev–Trinajstić information content (AvgIpc) is 1.86. The summed E-state index contributed by atoms with van der Waals surface area (Å²) in [6.07, 6.45) is 0. The molecule has 0 spiro atoms. The zero-order chi connectivity index (χ0) is 4.41. The molecule has 0 amide bonds. The number of nitrogens with two attached hydrogens (primary N) is 1. The molecule has 4 N–H and O–H groups in total. The van der Waals surface area contributed by atoms with Crippen LogP contribution in [0.15, 0.2) is 0 Å². The summed E-state index contributed by atoms with van der Waals surface area (Å²) in [5.41, 5.74) is 5.23. The van der Waals surface area contributed by atoms with E-state index >= 15 is 0 Å². The summed E-state index contributed by atoms with van der Waals surface area (Å²) in [6.45, 7) is 1.93. The van der Waals surface area contributed by atoms with Gasteiger partial charge in [-0.25, -0.2) is 0 Å². The van der Waals surface area contributed by atoms with Crippen LogP contribution in [0, 0.1) is 0 Å². The molecule has 3 heteroatoms. The van der Waals surface area contributed by atoms with Crippen molar-refractivity contribution in [1.82, 2.24) is 5.32 Å². The Morgan fingerprint density at radius 1 is 1.83 bits per heavy atom. The molecule has 0 aromatic carbocycles. The zero-order valence-corrected chi connectivity index (χ0v) is 3.49. The molecule has 0 saturated heterocycles. The summed E-state index contributed by atoms with van der Waals surface area (Å²) in [7, 11) is 0. The average molecular weight is 86.1 g/mol. The highest BCUT2D eigenvalue weighted by Gasteiger charge is 2.02. The number of nitrogens with one attached hydrogen (secondary N) is 2. The van der Waals surface area contributed by atoms with Crippen molar-refractivity contribution in [2.24, 2.45) is 5.73 Å². The van der Waals surface area contributed by atoms with Gasteiger partial charge in [0, 0.05) is 0 Å². The van der Waals surface area contributed by atoms with Gasteiger partial charge in [0.1, 0.15) is 0 Å². The molecule has 1 aliphatic heterocycles. The third-order valence-electron chi connectivity index (χ3n) is 0.756. The second-order valence-electron chi connectivity index (χ2n) is 1.27. The van der Waals surface area contributed by atoms with Crippen LogP contribution in [0.3, 0.4) is 0 Å². The van der Waals surface area contributed by atoms with E-state index in [9.17, 15) is 0 Å². The molecule has 1 aliphatic rings. The van der Waals surface area contributed by atoms with Crippen LogP contribution in [0.5, 0.6) is 0 Å². The third-order valence-corrected chi connectivity index (χ3v) is 0.756. The van der Waals surface area contributed by atoms with E-state index in [4.69, 9.17) is 5.73 Å². The van der Waals surface area contributed by atoms with Crippen LogP contribution in [0.1, 0.15) is 0 Å². The summed E-state index contributed by atoms with van der Waals surface area (Å²) < 4.78 is 0. The van der Waals surface area contributed by atoms with Gasteiger partial charge in [0.2, 0.25) is 0 Å². The predicted molar refractivity (Wildman–Crippen MR) is 23.0 cm³/mol. The summed E-state index contributed by atoms with van der Waals surface area (Å²) >= 11 is 0. The monoisotopic (exact) mass is 86.1 g/mol. The van der Waals surface area contributed by atoms with E-state index < -0.39 is 0 Å². The molecule has 0 saturated carbocycles. The molecule has 3 nitrogen and oxygen atoms in total. The maximum atomic E-state index is 5.23. The molecular weight excluding hydrogens is 78.1 g/mol. The van der Waals surface area contributed by atoms with Crippen molar-refractivity contribution < 1.29 is 4.99 Å². The van der Waals surface area contributed by atoms with E-state index in [2.05, 4.69) is 10.3 Å². The van der Waals surface area contributed by atoms with Crippen LogP contribution < -0.4 is 16.0 Å². The highest BCUT2D eigenvalue weighted by Crippen LogP contribution is 1.48. The summed E-state index contributed by atoms with van der Waals surface area (Å²) in [5, 5.41) is 2.90. The quantitative estimate of drug-likeness (QED) is 0.294. The first-order chi connectivity index (χ1) is 2.89. The van der Waals surface area contributed by atoms with E-state index in [-0.39, 0.29) is 0 Å². The van der Waals surface area contributed by atoms with E-state index in [0.29, 0.717) is 5.96 Å². The van der Waals surface area contributed by atoms with Gasteiger partial charge < -0.3 is 0 Å². The van der Waals surface area contributed by atoms with Gasteiger partial charge in [-0.15, -0.1) is 0 Å². The summed E-state index contributed by atoms with van der Waals surface area (Å²) in [6, 6.07) is 0. The fraction of sp³-hybridized carbons (Fsp3) is 0.667. The van der Waals surface area contributed by atoms with E-state index in [1.807, 2.05) is 0 Å². The molecule has 0 unspecified atom stereocenters. The first-order valence-corrected chi connectivity index (χ1v) is 2.00. The Morgan fingerprint density at radius 2 is 2.67 bits per heavy atom. The number of guanidine groups is 1. The Bertz CT molecular complexity index is 76.1. The van der Waals surface area contributed by atoms with Gasteiger partial charge in [0.05, 0.1) is 13.1 Å². The molecule has 0 atom stereocenters. The van der Waals surface area contributed by atoms with Crippen LogP contribution in [-0.4, -0.2) is 19.0 Å². The Morgan fingerprint density at radius 3 is 2.83 bits per heavy atom. The zero-order valence-electron chi connectivity index (χ0n) is 3.49. The van der Waals surface area contributed by atoms with Gasteiger partial charge in [0.15, 0.2) is 0 Å². The van der Waals surface area contributed by atoms with Crippen molar-refractivity contribution in [1.29, 1.82) is 0 Å². The van der Waals surface area contributed by atoms with Gasteiger partial charge in [0.25, 0.3) is 0 Å². The lowest BCUT2D eigenvalue weighted by molar-refractivity contribution is -0.445. The van der Waals surface area contributed by atoms with E-state index in [1.54, 1.807) is 0 Å². The summed E-state index contributed by atoms with van der Waals surface area (Å²) in [5.74, 6) is 0.704. The first-order valence-electron chi connectivity index (χ1n) is 2.00. The number of rotatable bonds is 0. The van der Waals surface area contributed by atoms with Crippen molar-refractivity contribution in [2.75, 3.05) is 13.1 Å². The highest BCUT2D eigenvalue weighted by molar-refractivity contribution is 5.72. The molecule has 1 rings (SSSR count). The van der Waals surface area contributed by atoms with Crippen LogP contribution in [0.4, 0.5) is 0 Å². The SMILES string of the molecule is NC1=[NH+]CCN1. The Labute approximate surface area is 36.2 Å². The fourth-order valence-electron chi connectivity index (χ4n) is 0.457. The minimum atomic E-state index is 0.704. The summed E-state index contributed by atoms with van der Waals surface area (Å²) in [4.78, 5) is 2.90. The largest absolute Gasteiger partial charge is 0.341 e. The lowest BCUT2D eigenvalue weighted by Gasteiger charge is -1.76. The maximum Gasteiger partial charge on any atom is 0.341 e. The van der Waals surface area contributed by atoms with Crippen LogP contribution >= 0.6 is 0 Å². The molecule has 0 aromatic heterocycles. The molecule has 0 radical (unpaired) electrons. The molecule has 0 bridgehead atoms. The molecule has 34 valence electrons. The van der Waals surface area contributed by atoms with Gasteiger partial charge in [-0.2, -0.15) is 0 Å². The van der Waals surface area contributed by atoms with Crippen LogP contribution in [0.25, 0.3) is 0 Å². The molecule has 0 fully saturated rings. The molecule has 0 aliphatic carbocycles. The first kappa shape index (κ1) is 3.46. The van der Waals surface area contributed by atoms with Crippen molar-refractivity contribution >= 4 is 5.96 Å². The lowest BCUT2D eigenvalue weighted by Crippen LogP contribution is -2.73. The second-order valence-corrected chi connectivity index (χ2v) is 1.27. The third kappa shape index (κ3) is 0.429. The van der Waals surface area contributed by atoms with Gasteiger partial charge in [-0.3, -0.25) is 16.0 Å². The Kier molecular flexibility index (Phi) is 0.670. The van der Waals surface area contributed by atoms with E-state index in [0.717, 1.165) is 13.1 Å². The number of hydrogen-bond donors (Lipinski definition) is 3. The van der Waals surface area contributed by atoms with Crippen molar-refractivity contribution in [2.45, 2.75) is 0 Å². The van der Waals surface area contributed by atoms with Crippen molar-refractivity contribution in [3.8, 4) is 0 Å². The molecule has 1 heterocycles. The van der Waals surface area contributed by atoms with E-state index in [1.165, 1.54) is 0 Å². The maximum absolute atomic E-state index is 5.23. The molecule has 0 aromatic rings.